The average molecular weight is 620 g/mol. The third-order valence-electron chi connectivity index (χ3n) is 7.52. The molecule has 10 nitrogen and oxygen atoms in total. The number of rotatable bonds is 5. The number of carbonyl (C=O) groups excluding carboxylic acids is 1. The predicted octanol–water partition coefficient (Wildman–Crippen LogP) is 5.61. The van der Waals surface area contributed by atoms with Crippen molar-refractivity contribution in [2.45, 2.75) is 43.9 Å². The van der Waals surface area contributed by atoms with Crippen molar-refractivity contribution in [1.82, 2.24) is 34.8 Å². The number of nitrogens with zero attached hydrogens (tertiary/aromatic N) is 6. The van der Waals surface area contributed by atoms with Gasteiger partial charge in [0, 0.05) is 29.4 Å². The van der Waals surface area contributed by atoms with Crippen molar-refractivity contribution in [2.75, 3.05) is 0 Å². The number of amides is 1. The molecule has 6 rings (SSSR count). The van der Waals surface area contributed by atoms with E-state index in [4.69, 9.17) is 11.6 Å². The van der Waals surface area contributed by atoms with Crippen molar-refractivity contribution < 1.29 is 36.6 Å². The van der Waals surface area contributed by atoms with Gasteiger partial charge in [0.1, 0.15) is 5.82 Å². The molecular weight excluding hydrogens is 601 g/mol. The molecule has 1 amide bonds. The zero-order valence-corrected chi connectivity index (χ0v) is 22.5. The van der Waals surface area contributed by atoms with Crippen molar-refractivity contribution in [2.24, 2.45) is 0 Å². The van der Waals surface area contributed by atoms with Gasteiger partial charge >= 0.3 is 12.1 Å². The van der Waals surface area contributed by atoms with Crippen LogP contribution in [0.3, 0.4) is 0 Å². The maximum Gasteiger partial charge on any atom is 0.436 e. The lowest BCUT2D eigenvalue weighted by molar-refractivity contribution is -0.141. The molecule has 222 valence electrons. The van der Waals surface area contributed by atoms with Crippen molar-refractivity contribution in [3.63, 3.8) is 0 Å². The number of nitrogens with one attached hydrogen (secondary N) is 1. The lowest BCUT2D eigenvalue weighted by atomic mass is 9.96. The van der Waals surface area contributed by atoms with E-state index in [-0.39, 0.29) is 45.6 Å². The van der Waals surface area contributed by atoms with Crippen LogP contribution in [0.5, 0.6) is 0 Å². The van der Waals surface area contributed by atoms with Gasteiger partial charge in [-0.15, -0.1) is 5.10 Å². The highest BCUT2D eigenvalue weighted by molar-refractivity contribution is 6.31. The maximum atomic E-state index is 15.5. The van der Waals surface area contributed by atoms with Crippen LogP contribution in [0.25, 0.3) is 22.5 Å². The van der Waals surface area contributed by atoms with Gasteiger partial charge in [0.05, 0.1) is 34.8 Å². The van der Waals surface area contributed by atoms with E-state index in [0.717, 1.165) is 10.9 Å². The Hall–Kier alpha value is -4.66. The largest absolute Gasteiger partial charge is 0.476 e. The van der Waals surface area contributed by atoms with E-state index in [1.54, 1.807) is 4.90 Å². The summed E-state index contributed by atoms with van der Waals surface area (Å²) in [5, 5.41) is 15.6. The maximum absolute atomic E-state index is 15.5. The summed E-state index contributed by atoms with van der Waals surface area (Å²) >= 11 is 6.04. The standard InChI is InChI=1S/C27H19ClF5N7O3/c28-15-4-6-17(39-11-19(37-38-39)27(31,32)33)21(23(15)30)12-1-2-13-3-5-18(40(13)20(41)9-12)25-35-10-16(36-25)14-7-8-34-24(22(14)29)26(42)43/h4,6-11,13,18H,1-3,5H2,(H,35,36)(H,42,43)/t13-,18-/m0/s1. The first-order chi connectivity index (χ1) is 20.4. The molecule has 2 N–H and O–H groups in total. The summed E-state index contributed by atoms with van der Waals surface area (Å²) in [4.78, 5) is 37.4. The van der Waals surface area contributed by atoms with E-state index in [9.17, 15) is 32.3 Å². The number of H-pyrrole nitrogens is 1. The fourth-order valence-corrected chi connectivity index (χ4v) is 5.73. The molecule has 0 saturated carbocycles. The van der Waals surface area contributed by atoms with Gasteiger partial charge in [-0.3, -0.25) is 4.79 Å². The number of halogens is 6. The van der Waals surface area contributed by atoms with Gasteiger partial charge in [-0.05, 0) is 49.5 Å². The molecule has 2 atom stereocenters. The number of benzene rings is 1. The molecule has 1 fully saturated rings. The minimum Gasteiger partial charge on any atom is -0.476 e. The minimum absolute atomic E-state index is 0.0594. The second-order valence-electron chi connectivity index (χ2n) is 10.0. The van der Waals surface area contributed by atoms with Crippen LogP contribution < -0.4 is 0 Å². The quantitative estimate of drug-likeness (QED) is 0.278. The lowest BCUT2D eigenvalue weighted by Crippen LogP contribution is -2.35. The van der Waals surface area contributed by atoms with Gasteiger partial charge in [-0.2, -0.15) is 13.2 Å². The Morgan fingerprint density at radius 3 is 2.60 bits per heavy atom. The molecule has 2 aliphatic heterocycles. The number of hydrogen-bond donors (Lipinski definition) is 2. The molecule has 0 unspecified atom stereocenters. The Kier molecular flexibility index (Phi) is 6.99. The van der Waals surface area contributed by atoms with Crippen LogP contribution in [-0.4, -0.2) is 57.9 Å². The van der Waals surface area contributed by atoms with Crippen LogP contribution in [0.15, 0.2) is 42.9 Å². The van der Waals surface area contributed by atoms with Crippen molar-refractivity contribution in [1.29, 1.82) is 0 Å². The molecule has 1 aromatic carbocycles. The monoisotopic (exact) mass is 619 g/mol. The first-order valence-electron chi connectivity index (χ1n) is 12.9. The SMILES string of the molecule is O=C(O)c1nccc(-c2cnc([C@@H]3CC[C@@H]4CCC(c5c(-n6cc(C(F)(F)F)nn6)ccc(Cl)c5F)=CC(=O)N43)[nH]2)c1F. The molecule has 2 aliphatic rings. The Morgan fingerprint density at radius 2 is 1.88 bits per heavy atom. The predicted molar refractivity (Wildman–Crippen MR) is 140 cm³/mol. The van der Waals surface area contributed by atoms with E-state index in [1.165, 1.54) is 30.5 Å². The summed E-state index contributed by atoms with van der Waals surface area (Å²) < 4.78 is 70.6. The molecule has 0 aliphatic carbocycles. The van der Waals surface area contributed by atoms with Crippen LogP contribution in [0.2, 0.25) is 5.02 Å². The number of carboxylic acid groups (broad SMARTS) is 1. The van der Waals surface area contributed by atoms with Crippen LogP contribution in [-0.2, 0) is 11.0 Å². The Morgan fingerprint density at radius 1 is 1.09 bits per heavy atom. The molecule has 1 saturated heterocycles. The third-order valence-corrected chi connectivity index (χ3v) is 7.81. The number of allylic oxidation sites excluding steroid dienone is 1. The van der Waals surface area contributed by atoms with E-state index in [1.807, 2.05) is 0 Å². The fraction of sp³-hybridized carbons (Fsp3) is 0.259. The number of aromatic nitrogens is 6. The van der Waals surface area contributed by atoms with Crippen LogP contribution in [0.1, 0.15) is 59.3 Å². The highest BCUT2D eigenvalue weighted by Gasteiger charge is 2.41. The highest BCUT2D eigenvalue weighted by Crippen LogP contribution is 2.42. The van der Waals surface area contributed by atoms with Crippen molar-refractivity contribution >= 4 is 29.1 Å². The van der Waals surface area contributed by atoms with Gasteiger partial charge in [0.25, 0.3) is 0 Å². The summed E-state index contributed by atoms with van der Waals surface area (Å²) in [6, 6.07) is 2.95. The number of alkyl halides is 3. The third kappa shape index (κ3) is 5.02. The van der Waals surface area contributed by atoms with Crippen LogP contribution in [0, 0.1) is 11.6 Å². The number of carboxylic acids is 1. The summed E-state index contributed by atoms with van der Waals surface area (Å²) in [6.45, 7) is 0. The van der Waals surface area contributed by atoms with Gasteiger partial charge in [0.15, 0.2) is 23.0 Å². The van der Waals surface area contributed by atoms with Gasteiger partial charge in [-0.1, -0.05) is 16.8 Å². The summed E-state index contributed by atoms with van der Waals surface area (Å²) in [5.74, 6) is -3.63. The molecule has 0 radical (unpaired) electrons. The number of carbonyl (C=O) groups is 2. The van der Waals surface area contributed by atoms with Gasteiger partial charge in [-0.25, -0.2) is 28.2 Å². The van der Waals surface area contributed by atoms with Crippen molar-refractivity contribution in [3.05, 3.63) is 82.3 Å². The first-order valence-corrected chi connectivity index (χ1v) is 13.3. The molecule has 5 heterocycles. The summed E-state index contributed by atoms with van der Waals surface area (Å²) in [5.41, 5.74) is -1.91. The van der Waals surface area contributed by atoms with Crippen molar-refractivity contribution in [3.8, 4) is 16.9 Å². The zero-order chi connectivity index (χ0) is 30.6. The summed E-state index contributed by atoms with van der Waals surface area (Å²) in [6.07, 6.45) is 1.26. The lowest BCUT2D eigenvalue weighted by Gasteiger charge is -2.27. The molecule has 0 bridgehead atoms. The molecule has 3 aromatic heterocycles. The Balaban J connectivity index is 1.34. The highest BCUT2D eigenvalue weighted by atomic mass is 35.5. The number of imidazole rings is 1. The van der Waals surface area contributed by atoms with E-state index in [0.29, 0.717) is 31.3 Å². The zero-order valence-electron chi connectivity index (χ0n) is 21.7. The van der Waals surface area contributed by atoms with Gasteiger partial charge in [0.2, 0.25) is 5.91 Å². The summed E-state index contributed by atoms with van der Waals surface area (Å²) in [7, 11) is 0. The molecule has 16 heteroatoms. The van der Waals surface area contributed by atoms with E-state index >= 15 is 4.39 Å². The van der Waals surface area contributed by atoms with Crippen LogP contribution in [0.4, 0.5) is 22.0 Å². The van der Waals surface area contributed by atoms with E-state index < -0.39 is 47.1 Å². The number of fused-ring (bicyclic) bond motifs is 1. The molecule has 4 aromatic rings. The number of aromatic carboxylic acids is 1. The second kappa shape index (κ2) is 10.6. The van der Waals surface area contributed by atoms with Gasteiger partial charge < -0.3 is 15.0 Å². The Labute approximate surface area is 243 Å². The smallest absolute Gasteiger partial charge is 0.436 e. The fourth-order valence-electron chi connectivity index (χ4n) is 5.58. The molecular formula is C27H19ClF5N7O3. The van der Waals surface area contributed by atoms with Crippen LogP contribution >= 0.6 is 11.6 Å². The average Bonchev–Trinajstić information content (AvgIpc) is 3.70. The first kappa shape index (κ1) is 28.5. The number of pyridine rings is 1. The topological polar surface area (TPSA) is 130 Å². The second-order valence-corrected chi connectivity index (χ2v) is 10.4. The number of hydrogen-bond acceptors (Lipinski definition) is 6. The minimum atomic E-state index is -4.77. The number of aromatic amines is 1. The molecule has 0 spiro atoms. The Bertz CT molecular complexity index is 1800. The normalized spacial score (nSPS) is 18.9. The molecule has 43 heavy (non-hydrogen) atoms. The van der Waals surface area contributed by atoms with E-state index in [2.05, 4.69) is 25.3 Å².